The predicted octanol–water partition coefficient (Wildman–Crippen LogP) is 2.57. The van der Waals surface area contributed by atoms with Crippen LogP contribution in [0.1, 0.15) is 18.9 Å². The van der Waals surface area contributed by atoms with Crippen LogP contribution in [0.25, 0.3) is 0 Å². The highest BCUT2D eigenvalue weighted by molar-refractivity contribution is 6.08. The first-order valence-corrected chi connectivity index (χ1v) is 6.46. The Labute approximate surface area is 113 Å². The number of benzene rings is 1. The molecule has 100 valence electrons. The highest BCUT2D eigenvalue weighted by Gasteiger charge is 2.48. The molecule has 1 aliphatic heterocycles. The number of urea groups is 1. The summed E-state index contributed by atoms with van der Waals surface area (Å²) in [6.45, 7) is 6.16. The van der Waals surface area contributed by atoms with E-state index in [0.29, 0.717) is 19.4 Å². The maximum Gasteiger partial charge on any atom is 0.323 e. The second-order valence-corrected chi connectivity index (χ2v) is 4.75. The molecule has 0 saturated carbocycles. The van der Waals surface area contributed by atoms with Gasteiger partial charge in [-0.3, -0.25) is 10.7 Å². The van der Waals surface area contributed by atoms with Crippen molar-refractivity contribution in [3.63, 3.8) is 0 Å². The van der Waals surface area contributed by atoms with E-state index in [0.717, 1.165) is 5.56 Å². The van der Waals surface area contributed by atoms with Crippen LogP contribution in [0, 0.1) is 5.41 Å². The maximum atomic E-state index is 12.0. The number of hydrogen-bond donors (Lipinski definition) is 2. The Morgan fingerprint density at radius 3 is 2.68 bits per heavy atom. The molecule has 4 heteroatoms. The topological polar surface area (TPSA) is 56.2 Å². The lowest BCUT2D eigenvalue weighted by atomic mass is 9.86. The highest BCUT2D eigenvalue weighted by atomic mass is 16.2. The molecule has 1 aromatic rings. The molecule has 1 fully saturated rings. The molecule has 1 unspecified atom stereocenters. The molecule has 0 aromatic heterocycles. The zero-order chi connectivity index (χ0) is 13.9. The summed E-state index contributed by atoms with van der Waals surface area (Å²) in [7, 11) is 0. The van der Waals surface area contributed by atoms with Crippen molar-refractivity contribution >= 4 is 11.9 Å². The first-order chi connectivity index (χ1) is 9.14. The van der Waals surface area contributed by atoms with Gasteiger partial charge < -0.3 is 4.90 Å². The van der Waals surface area contributed by atoms with Crippen LogP contribution < -0.4 is 5.32 Å². The Kier molecular flexibility index (Phi) is 3.69. The number of rotatable bonds is 5. The molecule has 1 saturated heterocycles. The Balaban J connectivity index is 2.36. The van der Waals surface area contributed by atoms with Gasteiger partial charge in [0, 0.05) is 13.0 Å². The van der Waals surface area contributed by atoms with Crippen LogP contribution in [-0.2, 0) is 6.42 Å². The van der Waals surface area contributed by atoms with Crippen molar-refractivity contribution < 1.29 is 4.79 Å². The van der Waals surface area contributed by atoms with Crippen LogP contribution in [0.3, 0.4) is 0 Å². The number of nitrogens with one attached hydrogen (secondary N) is 2. The molecule has 1 aromatic carbocycles. The summed E-state index contributed by atoms with van der Waals surface area (Å²) < 4.78 is 0. The minimum absolute atomic E-state index is 0.206. The summed E-state index contributed by atoms with van der Waals surface area (Å²) in [6.07, 6.45) is 3.05. The van der Waals surface area contributed by atoms with Crippen molar-refractivity contribution in [2.75, 3.05) is 6.54 Å². The van der Waals surface area contributed by atoms with Crippen molar-refractivity contribution in [2.24, 2.45) is 0 Å². The smallest absolute Gasteiger partial charge is 0.308 e. The fraction of sp³-hybridized carbons (Fsp3) is 0.333. The van der Waals surface area contributed by atoms with Gasteiger partial charge in [0.2, 0.25) is 0 Å². The predicted molar refractivity (Wildman–Crippen MR) is 76.3 cm³/mol. The number of carbonyl (C=O) groups excluding carboxylic acids is 1. The van der Waals surface area contributed by atoms with E-state index in [1.54, 1.807) is 11.0 Å². The van der Waals surface area contributed by atoms with E-state index in [9.17, 15) is 4.79 Å². The monoisotopic (exact) mass is 257 g/mol. The number of amides is 2. The molecule has 1 aliphatic rings. The third-order valence-electron chi connectivity index (χ3n) is 3.70. The van der Waals surface area contributed by atoms with Gasteiger partial charge in [-0.1, -0.05) is 43.3 Å². The summed E-state index contributed by atoms with van der Waals surface area (Å²) in [5.41, 5.74) is 0.548. The van der Waals surface area contributed by atoms with Gasteiger partial charge in [-0.2, -0.15) is 0 Å². The van der Waals surface area contributed by atoms with E-state index in [-0.39, 0.29) is 11.9 Å². The van der Waals surface area contributed by atoms with E-state index in [1.807, 2.05) is 37.3 Å². The maximum absolute atomic E-state index is 12.0. The van der Waals surface area contributed by atoms with Gasteiger partial charge in [-0.05, 0) is 12.0 Å². The van der Waals surface area contributed by atoms with E-state index in [1.165, 1.54) is 0 Å². The van der Waals surface area contributed by atoms with Gasteiger partial charge in [-0.25, -0.2) is 4.79 Å². The lowest BCUT2D eigenvalue weighted by molar-refractivity contribution is 0.179. The van der Waals surface area contributed by atoms with Crippen LogP contribution in [-0.4, -0.2) is 28.9 Å². The first kappa shape index (κ1) is 13.3. The summed E-state index contributed by atoms with van der Waals surface area (Å²) in [5.74, 6) is 0.283. The van der Waals surface area contributed by atoms with E-state index >= 15 is 0 Å². The Hall–Kier alpha value is -2.10. The molecule has 19 heavy (non-hydrogen) atoms. The van der Waals surface area contributed by atoms with Crippen molar-refractivity contribution in [1.29, 1.82) is 5.41 Å². The summed E-state index contributed by atoms with van der Waals surface area (Å²) in [6, 6.07) is 9.77. The third kappa shape index (κ3) is 2.26. The van der Waals surface area contributed by atoms with Gasteiger partial charge in [-0.15, -0.1) is 6.58 Å². The normalized spacial score (nSPS) is 22.5. The second-order valence-electron chi connectivity index (χ2n) is 4.75. The average Bonchev–Trinajstić information content (AvgIpc) is 2.65. The van der Waals surface area contributed by atoms with Crippen LogP contribution in [0.15, 0.2) is 43.0 Å². The average molecular weight is 257 g/mol. The SMILES string of the molecule is C=CCN1C(=O)NC(=N)C1(CC)Cc1ccccc1. The molecule has 0 radical (unpaired) electrons. The lowest BCUT2D eigenvalue weighted by Crippen LogP contribution is -2.50. The van der Waals surface area contributed by atoms with E-state index < -0.39 is 5.54 Å². The van der Waals surface area contributed by atoms with Crippen LogP contribution in [0.2, 0.25) is 0 Å². The van der Waals surface area contributed by atoms with Crippen molar-refractivity contribution in [1.82, 2.24) is 10.2 Å². The van der Waals surface area contributed by atoms with Gasteiger partial charge in [0.1, 0.15) is 11.4 Å². The summed E-state index contributed by atoms with van der Waals surface area (Å²) >= 11 is 0. The zero-order valence-corrected chi connectivity index (χ0v) is 11.1. The third-order valence-corrected chi connectivity index (χ3v) is 3.70. The van der Waals surface area contributed by atoms with Crippen molar-refractivity contribution in [2.45, 2.75) is 25.3 Å². The number of amidine groups is 1. The molecular weight excluding hydrogens is 238 g/mol. The van der Waals surface area contributed by atoms with Gasteiger partial charge in [0.05, 0.1) is 0 Å². The number of nitrogens with zero attached hydrogens (tertiary/aromatic N) is 1. The van der Waals surface area contributed by atoms with Crippen molar-refractivity contribution in [3.05, 3.63) is 48.6 Å². The van der Waals surface area contributed by atoms with E-state index in [4.69, 9.17) is 5.41 Å². The Bertz CT molecular complexity index is 497. The fourth-order valence-corrected chi connectivity index (χ4v) is 2.62. The molecule has 1 atom stereocenters. The molecular formula is C15H19N3O. The molecule has 2 amide bonds. The minimum Gasteiger partial charge on any atom is -0.308 e. The van der Waals surface area contributed by atoms with Crippen LogP contribution in [0.5, 0.6) is 0 Å². The number of carbonyl (C=O) groups is 1. The molecule has 1 heterocycles. The quantitative estimate of drug-likeness (QED) is 0.783. The van der Waals surface area contributed by atoms with Gasteiger partial charge in [0.25, 0.3) is 0 Å². The standard InChI is InChI=1S/C15H19N3O/c1-3-10-18-14(19)17-13(16)15(18,4-2)11-12-8-6-5-7-9-12/h3,5-9H,1,4,10-11H2,2H3,(H2,16,17,19). The number of hydrogen-bond acceptors (Lipinski definition) is 2. The fourth-order valence-electron chi connectivity index (χ4n) is 2.62. The summed E-state index contributed by atoms with van der Waals surface area (Å²) in [4.78, 5) is 13.7. The molecule has 2 rings (SSSR count). The largest absolute Gasteiger partial charge is 0.323 e. The highest BCUT2D eigenvalue weighted by Crippen LogP contribution is 2.30. The minimum atomic E-state index is -0.577. The van der Waals surface area contributed by atoms with E-state index in [2.05, 4.69) is 11.9 Å². The zero-order valence-electron chi connectivity index (χ0n) is 11.1. The van der Waals surface area contributed by atoms with Crippen LogP contribution >= 0.6 is 0 Å². The van der Waals surface area contributed by atoms with Gasteiger partial charge in [0.15, 0.2) is 0 Å². The first-order valence-electron chi connectivity index (χ1n) is 6.46. The second kappa shape index (κ2) is 5.26. The lowest BCUT2D eigenvalue weighted by Gasteiger charge is -2.35. The Morgan fingerprint density at radius 1 is 1.42 bits per heavy atom. The molecule has 4 nitrogen and oxygen atoms in total. The summed E-state index contributed by atoms with van der Waals surface area (Å²) in [5, 5.41) is 10.8. The van der Waals surface area contributed by atoms with Crippen molar-refractivity contribution in [3.8, 4) is 0 Å². The Morgan fingerprint density at radius 2 is 2.11 bits per heavy atom. The molecule has 2 N–H and O–H groups in total. The molecule has 0 bridgehead atoms. The van der Waals surface area contributed by atoms with Crippen LogP contribution in [0.4, 0.5) is 4.79 Å². The molecule has 0 aliphatic carbocycles. The van der Waals surface area contributed by atoms with Gasteiger partial charge >= 0.3 is 6.03 Å². The molecule has 0 spiro atoms.